The molecule has 0 radical (unpaired) electrons. The lowest BCUT2D eigenvalue weighted by atomic mass is 10.2. The maximum atomic E-state index is 12.7. The molecule has 0 aliphatic rings. The lowest BCUT2D eigenvalue weighted by Gasteiger charge is -2.26. The summed E-state index contributed by atoms with van der Waals surface area (Å²) in [5, 5.41) is 13.7. The number of hydrogen-bond acceptors (Lipinski definition) is 8. The van der Waals surface area contributed by atoms with Gasteiger partial charge < -0.3 is 30.0 Å². The van der Waals surface area contributed by atoms with E-state index in [1.54, 1.807) is 41.5 Å². The van der Waals surface area contributed by atoms with Crippen LogP contribution in [0.3, 0.4) is 0 Å². The van der Waals surface area contributed by atoms with E-state index in [-0.39, 0.29) is 18.1 Å². The van der Waals surface area contributed by atoms with Gasteiger partial charge in [0.25, 0.3) is 0 Å². The predicted molar refractivity (Wildman–Crippen MR) is 108 cm³/mol. The standard InChI is InChI=1S/C18H32N2O8S/c1-17(2,3)27-8-11(15(24)26-7)19-14(23)12(9-29-10-13(21)22)20-16(25)28-18(4,5)6/h11-12H,8-10H2,1-7H3,(H,19,23)(H,20,25)(H,21,22)/t11-,12-/m0/s1. The van der Waals surface area contributed by atoms with Crippen molar-refractivity contribution >= 4 is 35.7 Å². The van der Waals surface area contributed by atoms with Crippen molar-refractivity contribution in [3.8, 4) is 0 Å². The lowest BCUT2D eigenvalue weighted by molar-refractivity contribution is -0.148. The fourth-order valence-electron chi connectivity index (χ4n) is 1.81. The van der Waals surface area contributed by atoms with Crippen LogP contribution in [-0.2, 0) is 28.6 Å². The second-order valence-corrected chi connectivity index (χ2v) is 9.15. The summed E-state index contributed by atoms with van der Waals surface area (Å²) in [5.41, 5.74) is -1.34. The number of carbonyl (C=O) groups is 4. The van der Waals surface area contributed by atoms with Crippen LogP contribution in [0.15, 0.2) is 0 Å². The third-order valence-electron chi connectivity index (χ3n) is 3.00. The van der Waals surface area contributed by atoms with E-state index in [4.69, 9.17) is 14.6 Å². The Labute approximate surface area is 175 Å². The Morgan fingerprint density at radius 2 is 1.55 bits per heavy atom. The van der Waals surface area contributed by atoms with Crippen LogP contribution in [-0.4, -0.2) is 77.6 Å². The molecular weight excluding hydrogens is 404 g/mol. The van der Waals surface area contributed by atoms with Gasteiger partial charge in [0.05, 0.1) is 25.1 Å². The van der Waals surface area contributed by atoms with Crippen LogP contribution in [0.4, 0.5) is 4.79 Å². The van der Waals surface area contributed by atoms with Crippen molar-refractivity contribution in [3.63, 3.8) is 0 Å². The molecule has 0 unspecified atom stereocenters. The zero-order valence-corrected chi connectivity index (χ0v) is 18.8. The third kappa shape index (κ3) is 13.7. The van der Waals surface area contributed by atoms with Crippen molar-refractivity contribution in [2.24, 2.45) is 0 Å². The number of carboxylic acids is 1. The second kappa shape index (κ2) is 11.9. The second-order valence-electron chi connectivity index (χ2n) is 8.12. The maximum Gasteiger partial charge on any atom is 0.408 e. The Kier molecular flexibility index (Phi) is 11.0. The molecular formula is C18H32N2O8S. The third-order valence-corrected chi connectivity index (χ3v) is 4.02. The first-order valence-electron chi connectivity index (χ1n) is 8.96. The van der Waals surface area contributed by atoms with Crippen LogP contribution >= 0.6 is 11.8 Å². The van der Waals surface area contributed by atoms with Crippen LogP contribution in [0.1, 0.15) is 41.5 Å². The van der Waals surface area contributed by atoms with Crippen molar-refractivity contribution in [2.75, 3.05) is 25.2 Å². The highest BCUT2D eigenvalue weighted by molar-refractivity contribution is 8.00. The van der Waals surface area contributed by atoms with Gasteiger partial charge in [-0.3, -0.25) is 9.59 Å². The summed E-state index contributed by atoms with van der Waals surface area (Å²) in [6, 6.07) is -2.23. The number of nitrogens with one attached hydrogen (secondary N) is 2. The first-order valence-corrected chi connectivity index (χ1v) is 10.1. The van der Waals surface area contributed by atoms with Gasteiger partial charge in [-0.15, -0.1) is 11.8 Å². The molecule has 0 aromatic heterocycles. The molecule has 0 spiro atoms. The van der Waals surface area contributed by atoms with Crippen molar-refractivity contribution in [3.05, 3.63) is 0 Å². The number of hydrogen-bond donors (Lipinski definition) is 3. The minimum absolute atomic E-state index is 0.0363. The molecule has 2 amide bonds. The van der Waals surface area contributed by atoms with Crippen molar-refractivity contribution in [1.82, 2.24) is 10.6 Å². The average molecular weight is 437 g/mol. The maximum absolute atomic E-state index is 12.7. The fourth-order valence-corrected chi connectivity index (χ4v) is 2.58. The van der Waals surface area contributed by atoms with E-state index < -0.39 is 47.2 Å². The molecule has 0 fully saturated rings. The molecule has 0 aliphatic heterocycles. The fraction of sp³-hybridized carbons (Fsp3) is 0.778. The summed E-state index contributed by atoms with van der Waals surface area (Å²) < 4.78 is 15.4. The van der Waals surface area contributed by atoms with E-state index in [0.29, 0.717) is 0 Å². The van der Waals surface area contributed by atoms with Crippen molar-refractivity contribution in [2.45, 2.75) is 64.8 Å². The first kappa shape index (κ1) is 27.0. The van der Waals surface area contributed by atoms with E-state index >= 15 is 0 Å². The van der Waals surface area contributed by atoms with E-state index in [2.05, 4.69) is 15.4 Å². The summed E-state index contributed by atoms with van der Waals surface area (Å²) in [6.07, 6.45) is -0.839. The largest absolute Gasteiger partial charge is 0.481 e. The Morgan fingerprint density at radius 1 is 0.966 bits per heavy atom. The molecule has 0 saturated carbocycles. The van der Waals surface area contributed by atoms with E-state index in [1.807, 2.05) is 0 Å². The molecule has 0 rings (SSSR count). The van der Waals surface area contributed by atoms with E-state index in [9.17, 15) is 19.2 Å². The van der Waals surface area contributed by atoms with Crippen LogP contribution in [0, 0.1) is 0 Å². The predicted octanol–water partition coefficient (Wildman–Crippen LogP) is 1.17. The van der Waals surface area contributed by atoms with Crippen LogP contribution < -0.4 is 10.6 Å². The van der Waals surface area contributed by atoms with Gasteiger partial charge in [-0.1, -0.05) is 0 Å². The highest BCUT2D eigenvalue weighted by Gasteiger charge is 2.30. The highest BCUT2D eigenvalue weighted by atomic mass is 32.2. The highest BCUT2D eigenvalue weighted by Crippen LogP contribution is 2.10. The molecule has 0 heterocycles. The molecule has 11 heteroatoms. The normalized spacial score (nSPS) is 13.8. The van der Waals surface area contributed by atoms with Gasteiger partial charge in [0, 0.05) is 5.75 Å². The van der Waals surface area contributed by atoms with Gasteiger partial charge in [-0.2, -0.15) is 0 Å². The Hall–Kier alpha value is -2.01. The van der Waals surface area contributed by atoms with Gasteiger partial charge in [-0.05, 0) is 41.5 Å². The number of carboxylic acid groups (broad SMARTS) is 1. The van der Waals surface area contributed by atoms with Crippen molar-refractivity contribution < 1.29 is 38.5 Å². The summed E-state index contributed by atoms with van der Waals surface area (Å²) in [5.74, 6) is -2.76. The zero-order valence-electron chi connectivity index (χ0n) is 18.0. The number of alkyl carbamates (subject to hydrolysis) is 1. The smallest absolute Gasteiger partial charge is 0.408 e. The minimum Gasteiger partial charge on any atom is -0.481 e. The van der Waals surface area contributed by atoms with Crippen LogP contribution in [0.5, 0.6) is 0 Å². The van der Waals surface area contributed by atoms with Gasteiger partial charge in [0.2, 0.25) is 5.91 Å². The number of ether oxygens (including phenoxy) is 3. The summed E-state index contributed by atoms with van der Waals surface area (Å²) >= 11 is 0.939. The van der Waals surface area contributed by atoms with E-state index in [1.165, 1.54) is 7.11 Å². The molecule has 2 atom stereocenters. The van der Waals surface area contributed by atoms with Gasteiger partial charge in [-0.25, -0.2) is 9.59 Å². The number of esters is 1. The van der Waals surface area contributed by atoms with Gasteiger partial charge in [0.1, 0.15) is 11.6 Å². The average Bonchev–Trinajstić information content (AvgIpc) is 2.53. The van der Waals surface area contributed by atoms with Crippen LogP contribution in [0.2, 0.25) is 0 Å². The van der Waals surface area contributed by atoms with Crippen LogP contribution in [0.25, 0.3) is 0 Å². The molecule has 0 aromatic rings. The number of thioether (sulfide) groups is 1. The Balaban J connectivity index is 5.21. The quantitative estimate of drug-likeness (QED) is 0.430. The number of amides is 2. The molecule has 29 heavy (non-hydrogen) atoms. The van der Waals surface area contributed by atoms with Gasteiger partial charge >= 0.3 is 18.0 Å². The first-order chi connectivity index (χ1) is 13.1. The molecule has 168 valence electrons. The Bertz CT molecular complexity index is 583. The topological polar surface area (TPSA) is 140 Å². The molecule has 3 N–H and O–H groups in total. The van der Waals surface area contributed by atoms with Gasteiger partial charge in [0.15, 0.2) is 6.04 Å². The molecule has 0 bridgehead atoms. The Morgan fingerprint density at radius 3 is 2.00 bits per heavy atom. The minimum atomic E-state index is -1.13. The zero-order chi connectivity index (χ0) is 22.8. The number of methoxy groups -OCH3 is 1. The summed E-state index contributed by atoms with van der Waals surface area (Å²) in [6.45, 7) is 10.2. The molecule has 0 aliphatic carbocycles. The van der Waals surface area contributed by atoms with E-state index in [0.717, 1.165) is 11.8 Å². The molecule has 0 saturated heterocycles. The lowest BCUT2D eigenvalue weighted by Crippen LogP contribution is -2.55. The van der Waals surface area contributed by atoms with Crippen molar-refractivity contribution in [1.29, 1.82) is 0 Å². The number of rotatable bonds is 10. The SMILES string of the molecule is COC(=O)[C@H](COC(C)(C)C)NC(=O)[C@H](CSCC(=O)O)NC(=O)OC(C)(C)C. The summed E-state index contributed by atoms with van der Waals surface area (Å²) in [7, 11) is 1.18. The molecule has 10 nitrogen and oxygen atoms in total. The number of aliphatic carboxylic acids is 1. The summed E-state index contributed by atoms with van der Waals surface area (Å²) in [4.78, 5) is 47.4. The monoisotopic (exact) mass is 436 g/mol. The number of carbonyl (C=O) groups excluding carboxylic acids is 3. The molecule has 0 aromatic carbocycles.